The minimum atomic E-state index is -3.06. The maximum atomic E-state index is 15.0. The predicted octanol–water partition coefficient (Wildman–Crippen LogP) is 11.9. The quantitative estimate of drug-likeness (QED) is 0.133. The van der Waals surface area contributed by atoms with Crippen LogP contribution in [0.5, 0.6) is 0 Å². The fourth-order valence-electron chi connectivity index (χ4n) is 7.68. The average molecular weight is 688 g/mol. The summed E-state index contributed by atoms with van der Waals surface area (Å²) in [7, 11) is -3.06. The number of pyridine rings is 1. The van der Waals surface area contributed by atoms with Gasteiger partial charge in [0.1, 0.15) is 0 Å². The fourth-order valence-corrected chi connectivity index (χ4v) is 11.6. The number of rotatable bonds is 5. The van der Waals surface area contributed by atoms with Crippen molar-refractivity contribution in [2.45, 2.75) is 0 Å². The maximum Gasteiger partial charge on any atom is 0.171 e. The van der Waals surface area contributed by atoms with Crippen molar-refractivity contribution in [3.63, 3.8) is 0 Å². The second kappa shape index (κ2) is 11.9. The van der Waals surface area contributed by atoms with Crippen LogP contribution < -0.4 is 15.9 Å². The minimum Gasteiger partial charge on any atom is -0.309 e. The van der Waals surface area contributed by atoms with Crippen molar-refractivity contribution < 1.29 is 4.57 Å². The first kappa shape index (κ1) is 30.0. The molecule has 8 aromatic carbocycles. The number of aromatic nitrogens is 1. The summed E-state index contributed by atoms with van der Waals surface area (Å²) >= 11 is 1.82. The maximum absolute atomic E-state index is 15.0. The van der Waals surface area contributed by atoms with Crippen LogP contribution in [-0.4, -0.2) is 4.98 Å². The molecule has 10 aromatic rings. The Kier molecular flexibility index (Phi) is 6.99. The third kappa shape index (κ3) is 4.77. The molecule has 0 saturated carbocycles. The summed E-state index contributed by atoms with van der Waals surface area (Å²) in [5.41, 5.74) is 5.33. The monoisotopic (exact) mass is 687 g/mol. The molecule has 0 saturated heterocycles. The highest BCUT2D eigenvalue weighted by atomic mass is 32.1. The molecule has 0 amide bonds. The lowest BCUT2D eigenvalue weighted by molar-refractivity contribution is 0.592. The van der Waals surface area contributed by atoms with E-state index in [1.165, 1.54) is 41.7 Å². The van der Waals surface area contributed by atoms with Gasteiger partial charge in [-0.05, 0) is 56.9 Å². The van der Waals surface area contributed by atoms with Gasteiger partial charge in [0.15, 0.2) is 7.14 Å². The van der Waals surface area contributed by atoms with Crippen molar-refractivity contribution in [2.75, 3.05) is 0 Å². The zero-order valence-corrected chi connectivity index (χ0v) is 29.2. The normalized spacial score (nSPS) is 12.0. The molecule has 0 aliphatic carbocycles. The molecular formula is C47H30NOPS. The molecule has 51 heavy (non-hydrogen) atoms. The molecule has 0 unspecified atom stereocenters. The largest absolute Gasteiger partial charge is 0.309 e. The molecule has 0 N–H and O–H groups in total. The summed E-state index contributed by atoms with van der Waals surface area (Å²) in [6.07, 6.45) is 0. The van der Waals surface area contributed by atoms with Crippen molar-refractivity contribution in [3.05, 3.63) is 182 Å². The molecular weight excluding hydrogens is 658 g/mol. The van der Waals surface area contributed by atoms with Crippen LogP contribution in [0.1, 0.15) is 0 Å². The summed E-state index contributed by atoms with van der Waals surface area (Å²) in [5, 5.41) is 11.0. The summed E-state index contributed by atoms with van der Waals surface area (Å²) in [4.78, 5) is 5.45. The van der Waals surface area contributed by atoms with E-state index < -0.39 is 7.14 Å². The van der Waals surface area contributed by atoms with Crippen molar-refractivity contribution in [1.82, 2.24) is 4.98 Å². The summed E-state index contributed by atoms with van der Waals surface area (Å²) in [6.45, 7) is 0. The number of nitrogens with zero attached hydrogens (tertiary/aromatic N) is 1. The molecule has 0 aliphatic heterocycles. The van der Waals surface area contributed by atoms with E-state index in [-0.39, 0.29) is 0 Å². The lowest BCUT2D eigenvalue weighted by Gasteiger charge is -2.20. The Morgan fingerprint density at radius 1 is 0.451 bits per heavy atom. The topological polar surface area (TPSA) is 30.0 Å². The summed E-state index contributed by atoms with van der Waals surface area (Å²) in [5.74, 6) is 0. The van der Waals surface area contributed by atoms with Crippen LogP contribution in [0.4, 0.5) is 0 Å². The Morgan fingerprint density at radius 2 is 1.02 bits per heavy atom. The molecule has 0 atom stereocenters. The van der Waals surface area contributed by atoms with Crippen molar-refractivity contribution in [3.8, 4) is 22.4 Å². The van der Waals surface area contributed by atoms with Gasteiger partial charge in [0.05, 0.1) is 15.9 Å². The Labute approximate surface area is 299 Å². The Hall–Kier alpha value is -5.86. The molecule has 2 nitrogen and oxygen atoms in total. The van der Waals surface area contributed by atoms with Crippen LogP contribution in [0.3, 0.4) is 0 Å². The van der Waals surface area contributed by atoms with E-state index in [1.54, 1.807) is 0 Å². The molecule has 240 valence electrons. The van der Waals surface area contributed by atoms with Crippen molar-refractivity contribution >= 4 is 87.0 Å². The Balaban J connectivity index is 1.16. The zero-order valence-electron chi connectivity index (χ0n) is 27.5. The molecule has 0 bridgehead atoms. The van der Waals surface area contributed by atoms with E-state index in [2.05, 4.69) is 109 Å². The van der Waals surface area contributed by atoms with Crippen molar-refractivity contribution in [1.29, 1.82) is 0 Å². The van der Waals surface area contributed by atoms with Gasteiger partial charge in [0.25, 0.3) is 0 Å². The predicted molar refractivity (Wildman–Crippen MR) is 220 cm³/mol. The van der Waals surface area contributed by atoms with E-state index in [0.717, 1.165) is 49.2 Å². The van der Waals surface area contributed by atoms with E-state index in [4.69, 9.17) is 4.98 Å². The van der Waals surface area contributed by atoms with Crippen LogP contribution in [-0.2, 0) is 4.57 Å². The van der Waals surface area contributed by atoms with Crippen LogP contribution >= 0.6 is 18.5 Å². The minimum absolute atomic E-state index is 0.824. The molecule has 2 aromatic heterocycles. The first-order valence-electron chi connectivity index (χ1n) is 17.1. The lowest BCUT2D eigenvalue weighted by Crippen LogP contribution is -2.24. The van der Waals surface area contributed by atoms with Crippen LogP contribution in [0.25, 0.3) is 75.0 Å². The number of thiophene rings is 1. The van der Waals surface area contributed by atoms with Gasteiger partial charge < -0.3 is 4.57 Å². The van der Waals surface area contributed by atoms with Gasteiger partial charge in [-0.15, -0.1) is 11.3 Å². The molecule has 0 fully saturated rings. The number of benzene rings is 8. The van der Waals surface area contributed by atoms with Gasteiger partial charge in [0.2, 0.25) is 0 Å². The van der Waals surface area contributed by atoms with Gasteiger partial charge >= 0.3 is 0 Å². The Morgan fingerprint density at radius 3 is 1.75 bits per heavy atom. The SMILES string of the molecule is O=P(c1ccccc1)(c1ccccc1)c1ccc(-c2ccc3nc(-c4cc5ccccc5c5ccccc45)c4sc5ccccc5c4c3c2)cc1. The van der Waals surface area contributed by atoms with Crippen LogP contribution in [0.2, 0.25) is 0 Å². The highest BCUT2D eigenvalue weighted by Gasteiger charge is 2.29. The van der Waals surface area contributed by atoms with Gasteiger partial charge in [-0.25, -0.2) is 4.98 Å². The first-order chi connectivity index (χ1) is 25.2. The van der Waals surface area contributed by atoms with Crippen LogP contribution in [0.15, 0.2) is 182 Å². The van der Waals surface area contributed by atoms with E-state index in [9.17, 15) is 4.57 Å². The molecule has 2 heterocycles. The molecule has 10 rings (SSSR count). The van der Waals surface area contributed by atoms with Gasteiger partial charge in [-0.2, -0.15) is 0 Å². The standard InChI is InChI=1S/C47H30NOPS/c49-50(34-14-3-1-4-15-34,35-16-5-2-6-17-35)36-26-23-31(24-27-36)32-25-28-43-42(29-32)45-40-21-11-12-22-44(40)51-47(45)46(48-43)41-30-33-13-7-8-18-37(33)38-19-9-10-20-39(38)41/h1-30H. The number of hydrogen-bond acceptors (Lipinski definition) is 3. The van der Waals surface area contributed by atoms with Crippen molar-refractivity contribution in [2.24, 2.45) is 0 Å². The summed E-state index contributed by atoms with van der Waals surface area (Å²) in [6, 6.07) is 63.0. The highest BCUT2D eigenvalue weighted by Crippen LogP contribution is 2.46. The van der Waals surface area contributed by atoms with Gasteiger partial charge in [-0.3, -0.25) is 0 Å². The molecule has 0 spiro atoms. The number of fused-ring (bicyclic) bond motifs is 8. The first-order valence-corrected chi connectivity index (χ1v) is 19.7. The highest BCUT2D eigenvalue weighted by molar-refractivity contribution is 7.85. The third-order valence-electron chi connectivity index (χ3n) is 10.1. The Bertz CT molecular complexity index is 2940. The van der Waals surface area contributed by atoms with Gasteiger partial charge in [0, 0.05) is 42.3 Å². The van der Waals surface area contributed by atoms with Crippen LogP contribution in [0, 0.1) is 0 Å². The molecule has 0 aliphatic rings. The zero-order chi connectivity index (χ0) is 33.9. The van der Waals surface area contributed by atoms with Gasteiger partial charge in [-0.1, -0.05) is 158 Å². The van der Waals surface area contributed by atoms with E-state index >= 15 is 0 Å². The fraction of sp³-hybridized carbons (Fsp3) is 0. The second-order valence-corrected chi connectivity index (χ2v) is 16.8. The third-order valence-corrected chi connectivity index (χ3v) is 14.4. The average Bonchev–Trinajstić information content (AvgIpc) is 3.61. The summed E-state index contributed by atoms with van der Waals surface area (Å²) < 4.78 is 17.4. The smallest absolute Gasteiger partial charge is 0.171 e. The van der Waals surface area contributed by atoms with E-state index in [0.29, 0.717) is 0 Å². The number of hydrogen-bond donors (Lipinski definition) is 0. The second-order valence-electron chi connectivity index (χ2n) is 13.0. The van der Waals surface area contributed by atoms with E-state index in [1.807, 2.05) is 84.1 Å². The lowest BCUT2D eigenvalue weighted by atomic mass is 9.94. The molecule has 0 radical (unpaired) electrons. The molecule has 4 heteroatoms.